The number of thiazole rings is 1. The Morgan fingerprint density at radius 3 is 2.95 bits per heavy atom. The minimum Gasteiger partial charge on any atom is -0.466 e. The molecule has 0 aromatic carbocycles. The van der Waals surface area contributed by atoms with Gasteiger partial charge in [0.05, 0.1) is 25.1 Å². The fraction of sp³-hybridized carbons (Fsp3) is 0.286. The second kappa shape index (κ2) is 7.49. The molecule has 0 bridgehead atoms. The van der Waals surface area contributed by atoms with Crippen molar-refractivity contribution in [1.82, 2.24) is 9.97 Å². The minimum atomic E-state index is -0.323. The summed E-state index contributed by atoms with van der Waals surface area (Å²) in [5.41, 5.74) is 1.42. The zero-order valence-corrected chi connectivity index (χ0v) is 12.4. The molecule has 0 aliphatic rings. The van der Waals surface area contributed by atoms with E-state index in [0.717, 1.165) is 5.56 Å². The van der Waals surface area contributed by atoms with Crippen molar-refractivity contribution in [3.8, 4) is 0 Å². The van der Waals surface area contributed by atoms with Crippen LogP contribution in [0.15, 0.2) is 29.9 Å². The maximum Gasteiger partial charge on any atom is 0.311 e. The summed E-state index contributed by atoms with van der Waals surface area (Å²) in [6, 6.07) is 3.62. The molecule has 6 nitrogen and oxygen atoms in total. The lowest BCUT2D eigenvalue weighted by Crippen LogP contribution is -2.14. The number of rotatable bonds is 6. The quantitative estimate of drug-likeness (QED) is 0.823. The molecule has 2 aromatic heterocycles. The molecule has 7 heteroatoms. The zero-order valence-electron chi connectivity index (χ0n) is 11.5. The van der Waals surface area contributed by atoms with Crippen LogP contribution in [0.3, 0.4) is 0 Å². The van der Waals surface area contributed by atoms with Gasteiger partial charge in [-0.05, 0) is 18.6 Å². The van der Waals surface area contributed by atoms with Crippen LogP contribution in [0.2, 0.25) is 0 Å². The van der Waals surface area contributed by atoms with Gasteiger partial charge < -0.3 is 10.1 Å². The molecule has 0 saturated heterocycles. The summed E-state index contributed by atoms with van der Waals surface area (Å²) in [6.07, 6.45) is 3.65. The number of pyridine rings is 1. The first-order valence-electron chi connectivity index (χ1n) is 6.46. The monoisotopic (exact) mass is 305 g/mol. The number of anilines is 1. The van der Waals surface area contributed by atoms with Gasteiger partial charge in [0.1, 0.15) is 0 Å². The van der Waals surface area contributed by atoms with Crippen molar-refractivity contribution in [3.63, 3.8) is 0 Å². The van der Waals surface area contributed by atoms with Crippen LogP contribution in [0.1, 0.15) is 18.2 Å². The molecule has 2 heterocycles. The summed E-state index contributed by atoms with van der Waals surface area (Å²) in [4.78, 5) is 31.3. The maximum atomic E-state index is 11.9. The summed E-state index contributed by atoms with van der Waals surface area (Å²) >= 11 is 1.28. The van der Waals surface area contributed by atoms with Crippen LogP contribution in [0, 0.1) is 0 Å². The fourth-order valence-electron chi connectivity index (χ4n) is 1.66. The second-order valence-electron chi connectivity index (χ2n) is 4.21. The van der Waals surface area contributed by atoms with E-state index in [2.05, 4.69) is 15.3 Å². The molecular weight excluding hydrogens is 290 g/mol. The summed E-state index contributed by atoms with van der Waals surface area (Å²) in [6.45, 7) is 2.10. The predicted octanol–water partition coefficient (Wildman–Crippen LogP) is 1.82. The highest BCUT2D eigenvalue weighted by molar-refractivity contribution is 7.13. The molecule has 1 N–H and O–H groups in total. The lowest BCUT2D eigenvalue weighted by molar-refractivity contribution is -0.142. The molecule has 0 aliphatic heterocycles. The largest absolute Gasteiger partial charge is 0.466 e. The van der Waals surface area contributed by atoms with Crippen molar-refractivity contribution in [2.45, 2.75) is 19.8 Å². The lowest BCUT2D eigenvalue weighted by Gasteiger charge is -2.01. The van der Waals surface area contributed by atoms with E-state index in [0.29, 0.717) is 17.4 Å². The topological polar surface area (TPSA) is 81.2 Å². The van der Waals surface area contributed by atoms with Crippen molar-refractivity contribution in [3.05, 3.63) is 41.2 Å². The molecule has 110 valence electrons. The third-order valence-corrected chi connectivity index (χ3v) is 3.32. The average Bonchev–Trinajstić information content (AvgIpc) is 2.87. The molecule has 0 saturated carbocycles. The van der Waals surface area contributed by atoms with Crippen LogP contribution in [0.5, 0.6) is 0 Å². The first-order valence-corrected chi connectivity index (χ1v) is 7.34. The van der Waals surface area contributed by atoms with Crippen LogP contribution in [-0.4, -0.2) is 28.5 Å². The van der Waals surface area contributed by atoms with E-state index in [1.54, 1.807) is 30.8 Å². The SMILES string of the molecule is CCOC(=O)Cc1csc(NC(=O)Cc2cccnc2)n1. The molecule has 0 spiro atoms. The number of carbonyl (C=O) groups is 2. The Labute approximate surface area is 126 Å². The molecule has 21 heavy (non-hydrogen) atoms. The standard InChI is InChI=1S/C14H15N3O3S/c1-2-20-13(19)7-11-9-21-14(16-11)17-12(18)6-10-4-3-5-15-8-10/h3-5,8-9H,2,6-7H2,1H3,(H,16,17,18). The van der Waals surface area contributed by atoms with E-state index >= 15 is 0 Å². The van der Waals surface area contributed by atoms with Crippen LogP contribution in [-0.2, 0) is 27.2 Å². The molecule has 0 radical (unpaired) electrons. The smallest absolute Gasteiger partial charge is 0.311 e. The Morgan fingerprint density at radius 2 is 2.24 bits per heavy atom. The molecule has 0 unspecified atom stereocenters. The third-order valence-electron chi connectivity index (χ3n) is 2.52. The number of amides is 1. The number of aromatic nitrogens is 2. The number of carbonyl (C=O) groups excluding carboxylic acids is 2. The Morgan fingerprint density at radius 1 is 1.38 bits per heavy atom. The van der Waals surface area contributed by atoms with Crippen molar-refractivity contribution < 1.29 is 14.3 Å². The predicted molar refractivity (Wildman–Crippen MR) is 79.0 cm³/mol. The van der Waals surface area contributed by atoms with Gasteiger partial charge >= 0.3 is 5.97 Å². The Kier molecular flexibility index (Phi) is 5.39. The molecule has 1 amide bonds. The molecule has 2 aromatic rings. The number of esters is 1. The lowest BCUT2D eigenvalue weighted by atomic mass is 10.2. The number of ether oxygens (including phenoxy) is 1. The van der Waals surface area contributed by atoms with E-state index in [-0.39, 0.29) is 24.7 Å². The Bertz CT molecular complexity index is 613. The van der Waals surface area contributed by atoms with E-state index in [9.17, 15) is 9.59 Å². The van der Waals surface area contributed by atoms with Gasteiger partial charge in [-0.2, -0.15) is 0 Å². The summed E-state index contributed by atoms with van der Waals surface area (Å²) in [5, 5.41) is 4.91. The summed E-state index contributed by atoms with van der Waals surface area (Å²) in [5.74, 6) is -0.490. The number of hydrogen-bond acceptors (Lipinski definition) is 6. The summed E-state index contributed by atoms with van der Waals surface area (Å²) in [7, 11) is 0. The van der Waals surface area contributed by atoms with Gasteiger partial charge in [0, 0.05) is 17.8 Å². The van der Waals surface area contributed by atoms with Gasteiger partial charge in [0.25, 0.3) is 0 Å². The molecule has 0 aliphatic carbocycles. The highest BCUT2D eigenvalue weighted by Crippen LogP contribution is 2.16. The first kappa shape index (κ1) is 15.1. The Balaban J connectivity index is 1.87. The van der Waals surface area contributed by atoms with E-state index < -0.39 is 0 Å². The van der Waals surface area contributed by atoms with Gasteiger partial charge in [-0.15, -0.1) is 11.3 Å². The molecule has 2 rings (SSSR count). The van der Waals surface area contributed by atoms with Crippen LogP contribution in [0.25, 0.3) is 0 Å². The molecule has 0 atom stereocenters. The van der Waals surface area contributed by atoms with E-state index in [4.69, 9.17) is 4.74 Å². The van der Waals surface area contributed by atoms with Crippen LogP contribution in [0.4, 0.5) is 5.13 Å². The number of nitrogens with one attached hydrogen (secondary N) is 1. The van der Waals surface area contributed by atoms with Crippen molar-refractivity contribution in [1.29, 1.82) is 0 Å². The number of hydrogen-bond donors (Lipinski definition) is 1. The van der Waals surface area contributed by atoms with E-state index in [1.165, 1.54) is 11.3 Å². The Hall–Kier alpha value is -2.28. The second-order valence-corrected chi connectivity index (χ2v) is 5.07. The van der Waals surface area contributed by atoms with Gasteiger partial charge in [0.15, 0.2) is 5.13 Å². The van der Waals surface area contributed by atoms with Crippen LogP contribution < -0.4 is 5.32 Å². The van der Waals surface area contributed by atoms with Crippen molar-refractivity contribution >= 4 is 28.3 Å². The third kappa shape index (κ3) is 4.96. The van der Waals surface area contributed by atoms with Gasteiger partial charge in [-0.3, -0.25) is 14.6 Å². The van der Waals surface area contributed by atoms with Gasteiger partial charge in [0.2, 0.25) is 5.91 Å². The van der Waals surface area contributed by atoms with E-state index in [1.807, 2.05) is 6.07 Å². The van der Waals surface area contributed by atoms with Crippen molar-refractivity contribution in [2.24, 2.45) is 0 Å². The average molecular weight is 305 g/mol. The number of nitrogens with zero attached hydrogens (tertiary/aromatic N) is 2. The fourth-order valence-corrected chi connectivity index (χ4v) is 2.38. The van der Waals surface area contributed by atoms with Gasteiger partial charge in [-0.1, -0.05) is 6.07 Å². The van der Waals surface area contributed by atoms with Crippen LogP contribution >= 0.6 is 11.3 Å². The maximum absolute atomic E-state index is 11.9. The van der Waals surface area contributed by atoms with Crippen molar-refractivity contribution in [2.75, 3.05) is 11.9 Å². The molecule has 0 fully saturated rings. The highest BCUT2D eigenvalue weighted by Gasteiger charge is 2.10. The minimum absolute atomic E-state index is 0.114. The zero-order chi connectivity index (χ0) is 15.1. The van der Waals surface area contributed by atoms with Gasteiger partial charge in [-0.25, -0.2) is 4.98 Å². The first-order chi connectivity index (χ1) is 10.2. The highest BCUT2D eigenvalue weighted by atomic mass is 32.1. The normalized spacial score (nSPS) is 10.1. The molecular formula is C14H15N3O3S. The summed E-state index contributed by atoms with van der Waals surface area (Å²) < 4.78 is 4.85.